The average molecular weight is 223 g/mol. The van der Waals surface area contributed by atoms with Gasteiger partial charge in [-0.3, -0.25) is 14.5 Å². The second-order valence-electron chi connectivity index (χ2n) is 4.18. The highest BCUT2D eigenvalue weighted by Gasteiger charge is 2.47. The molecule has 2 unspecified atom stereocenters. The lowest BCUT2D eigenvalue weighted by molar-refractivity contribution is -0.139. The first-order valence-corrected chi connectivity index (χ1v) is 5.86. The molecule has 0 radical (unpaired) electrons. The summed E-state index contributed by atoms with van der Waals surface area (Å²) in [7, 11) is 0. The highest BCUT2D eigenvalue weighted by molar-refractivity contribution is 6.05. The van der Waals surface area contributed by atoms with E-state index in [4.69, 9.17) is 4.74 Å². The molecule has 1 fully saturated rings. The Bertz CT molecular complexity index is 348. The summed E-state index contributed by atoms with van der Waals surface area (Å²) in [5.74, 6) is 0.505. The molecule has 0 spiro atoms. The molecule has 1 aliphatic heterocycles. The van der Waals surface area contributed by atoms with Gasteiger partial charge >= 0.3 is 0 Å². The summed E-state index contributed by atoms with van der Waals surface area (Å²) in [5, 5.41) is 0. The molecule has 0 bridgehead atoms. The molecule has 4 nitrogen and oxygen atoms in total. The number of carbonyl (C=O) groups excluding carboxylic acids is 2. The van der Waals surface area contributed by atoms with E-state index in [9.17, 15) is 9.59 Å². The van der Waals surface area contributed by atoms with Crippen LogP contribution in [0, 0.1) is 11.8 Å². The number of hydrogen-bond acceptors (Lipinski definition) is 3. The Labute approximate surface area is 95.2 Å². The lowest BCUT2D eigenvalue weighted by Gasteiger charge is -2.21. The highest BCUT2D eigenvalue weighted by atomic mass is 16.5. The number of nitrogens with zero attached hydrogens (tertiary/aromatic N) is 1. The predicted octanol–water partition coefficient (Wildman–Crippen LogP) is 1.32. The summed E-state index contributed by atoms with van der Waals surface area (Å²) in [5.41, 5.74) is 0. The summed E-state index contributed by atoms with van der Waals surface area (Å²) in [6, 6.07) is 0. The summed E-state index contributed by atoms with van der Waals surface area (Å²) in [6.07, 6.45) is 3.18. The first-order chi connectivity index (χ1) is 7.69. The van der Waals surface area contributed by atoms with Gasteiger partial charge in [0.05, 0.1) is 24.2 Å². The number of imide groups is 1. The third-order valence-electron chi connectivity index (χ3n) is 3.32. The molecule has 0 aromatic rings. The molecule has 0 aromatic carbocycles. The Balaban J connectivity index is 2.16. The first kappa shape index (κ1) is 11.2. The van der Waals surface area contributed by atoms with Gasteiger partial charge in [-0.1, -0.05) is 0 Å². The lowest BCUT2D eigenvalue weighted by Crippen LogP contribution is -2.30. The summed E-state index contributed by atoms with van der Waals surface area (Å²) < 4.78 is 5.42. The van der Waals surface area contributed by atoms with E-state index in [1.54, 1.807) is 0 Å². The maximum atomic E-state index is 12.0. The second kappa shape index (κ2) is 4.28. The number of allylic oxidation sites excluding steroid dienone is 2. The van der Waals surface area contributed by atoms with Gasteiger partial charge < -0.3 is 4.74 Å². The van der Waals surface area contributed by atoms with Gasteiger partial charge in [0.1, 0.15) is 0 Å². The van der Waals surface area contributed by atoms with Crippen molar-refractivity contribution in [3.05, 3.63) is 11.8 Å². The number of rotatable bonds is 3. The summed E-state index contributed by atoms with van der Waals surface area (Å²) in [4.78, 5) is 25.2. The van der Waals surface area contributed by atoms with Crippen LogP contribution in [0.5, 0.6) is 0 Å². The van der Waals surface area contributed by atoms with Gasteiger partial charge in [-0.05, 0) is 26.3 Å². The second-order valence-corrected chi connectivity index (χ2v) is 4.18. The zero-order valence-electron chi connectivity index (χ0n) is 9.73. The smallest absolute Gasteiger partial charge is 0.233 e. The Morgan fingerprint density at radius 1 is 1.31 bits per heavy atom. The third kappa shape index (κ3) is 1.62. The molecule has 4 heteroatoms. The molecule has 88 valence electrons. The van der Waals surface area contributed by atoms with E-state index in [0.29, 0.717) is 26.0 Å². The number of carbonyl (C=O) groups is 2. The predicted molar refractivity (Wildman–Crippen MR) is 58.3 cm³/mol. The van der Waals surface area contributed by atoms with Crippen LogP contribution in [-0.2, 0) is 14.3 Å². The molecule has 2 rings (SSSR count). The van der Waals surface area contributed by atoms with Crippen molar-refractivity contribution in [2.75, 3.05) is 13.2 Å². The first-order valence-electron chi connectivity index (χ1n) is 5.86. The van der Waals surface area contributed by atoms with Gasteiger partial charge in [0, 0.05) is 13.0 Å². The normalized spacial score (nSPS) is 29.1. The third-order valence-corrected chi connectivity index (χ3v) is 3.32. The van der Waals surface area contributed by atoms with Gasteiger partial charge in [0.2, 0.25) is 11.8 Å². The largest absolute Gasteiger partial charge is 0.499 e. The van der Waals surface area contributed by atoms with Gasteiger partial charge in [-0.15, -0.1) is 0 Å². The van der Waals surface area contributed by atoms with Crippen LogP contribution >= 0.6 is 0 Å². The van der Waals surface area contributed by atoms with E-state index in [1.807, 2.05) is 19.9 Å². The Kier molecular flexibility index (Phi) is 2.99. The van der Waals surface area contributed by atoms with Crippen molar-refractivity contribution in [3.63, 3.8) is 0 Å². The fraction of sp³-hybridized carbons (Fsp3) is 0.667. The van der Waals surface area contributed by atoms with E-state index in [0.717, 1.165) is 5.76 Å². The molecule has 16 heavy (non-hydrogen) atoms. The fourth-order valence-electron chi connectivity index (χ4n) is 2.52. The summed E-state index contributed by atoms with van der Waals surface area (Å²) >= 11 is 0. The molecule has 0 aromatic heterocycles. The van der Waals surface area contributed by atoms with Crippen molar-refractivity contribution in [2.45, 2.75) is 26.7 Å². The maximum absolute atomic E-state index is 12.0. The van der Waals surface area contributed by atoms with E-state index >= 15 is 0 Å². The molecule has 1 saturated heterocycles. The highest BCUT2D eigenvalue weighted by Crippen LogP contribution is 2.37. The van der Waals surface area contributed by atoms with Crippen LogP contribution in [0.2, 0.25) is 0 Å². The van der Waals surface area contributed by atoms with Crippen LogP contribution in [0.3, 0.4) is 0 Å². The van der Waals surface area contributed by atoms with Crippen LogP contribution < -0.4 is 0 Å². The molecule has 0 saturated carbocycles. The Morgan fingerprint density at radius 2 is 2.00 bits per heavy atom. The zero-order valence-corrected chi connectivity index (χ0v) is 9.73. The Hall–Kier alpha value is -1.32. The van der Waals surface area contributed by atoms with Crippen molar-refractivity contribution >= 4 is 11.8 Å². The molecule has 1 aliphatic carbocycles. The van der Waals surface area contributed by atoms with Crippen LogP contribution in [0.4, 0.5) is 0 Å². The average Bonchev–Trinajstić information content (AvgIpc) is 2.52. The van der Waals surface area contributed by atoms with Crippen LogP contribution in [0.1, 0.15) is 26.7 Å². The number of amides is 2. The van der Waals surface area contributed by atoms with Crippen molar-refractivity contribution in [3.8, 4) is 0 Å². The van der Waals surface area contributed by atoms with Crippen LogP contribution in [-0.4, -0.2) is 29.9 Å². The molecule has 2 atom stereocenters. The molecular weight excluding hydrogens is 206 g/mol. The van der Waals surface area contributed by atoms with Crippen LogP contribution in [0.15, 0.2) is 11.8 Å². The quantitative estimate of drug-likeness (QED) is 0.678. The summed E-state index contributed by atoms with van der Waals surface area (Å²) in [6.45, 7) is 4.86. The Morgan fingerprint density at radius 3 is 2.62 bits per heavy atom. The SMILES string of the molecule is CCOC1=CCC2C(=O)N(CC)C(=O)C2C1. The van der Waals surface area contributed by atoms with Gasteiger partial charge in [-0.2, -0.15) is 0 Å². The van der Waals surface area contributed by atoms with E-state index in [2.05, 4.69) is 0 Å². The topological polar surface area (TPSA) is 46.6 Å². The van der Waals surface area contributed by atoms with Crippen molar-refractivity contribution in [2.24, 2.45) is 11.8 Å². The number of likely N-dealkylation sites (tertiary alicyclic amines) is 1. The van der Waals surface area contributed by atoms with E-state index in [-0.39, 0.29) is 23.7 Å². The monoisotopic (exact) mass is 223 g/mol. The number of fused-ring (bicyclic) bond motifs is 1. The van der Waals surface area contributed by atoms with E-state index in [1.165, 1.54) is 4.90 Å². The minimum atomic E-state index is -0.181. The number of hydrogen-bond donors (Lipinski definition) is 0. The zero-order chi connectivity index (χ0) is 11.7. The fourth-order valence-corrected chi connectivity index (χ4v) is 2.52. The molecule has 1 heterocycles. The standard InChI is InChI=1S/C12H17NO3/c1-3-13-11(14)9-6-5-8(16-4-2)7-10(9)12(13)15/h5,9-10H,3-4,6-7H2,1-2H3. The van der Waals surface area contributed by atoms with E-state index < -0.39 is 0 Å². The van der Waals surface area contributed by atoms with Gasteiger partial charge in [0.25, 0.3) is 0 Å². The van der Waals surface area contributed by atoms with Crippen molar-refractivity contribution < 1.29 is 14.3 Å². The molecule has 0 N–H and O–H groups in total. The minimum absolute atomic E-state index is 0.00991. The van der Waals surface area contributed by atoms with Gasteiger partial charge in [-0.25, -0.2) is 0 Å². The minimum Gasteiger partial charge on any atom is -0.499 e. The number of ether oxygens (including phenoxy) is 1. The van der Waals surface area contributed by atoms with Gasteiger partial charge in [0.15, 0.2) is 0 Å². The maximum Gasteiger partial charge on any atom is 0.233 e. The molecular formula is C12H17NO3. The molecule has 2 aliphatic rings. The molecule has 2 amide bonds. The lowest BCUT2D eigenvalue weighted by atomic mass is 9.84. The van der Waals surface area contributed by atoms with Crippen LogP contribution in [0.25, 0.3) is 0 Å². The van der Waals surface area contributed by atoms with Crippen molar-refractivity contribution in [1.29, 1.82) is 0 Å². The van der Waals surface area contributed by atoms with Crippen molar-refractivity contribution in [1.82, 2.24) is 4.90 Å².